The third kappa shape index (κ3) is 4.04. The number of halogens is 4. The van der Waals surface area contributed by atoms with Crippen molar-refractivity contribution in [1.29, 1.82) is 0 Å². The van der Waals surface area contributed by atoms with Gasteiger partial charge in [-0.05, 0) is 18.6 Å². The molecule has 1 atom stereocenters. The number of aliphatic hydroxyl groups is 1. The van der Waals surface area contributed by atoms with Crippen LogP contribution in [-0.2, 0) is 19.8 Å². The molecule has 0 radical (unpaired) electrons. The van der Waals surface area contributed by atoms with Gasteiger partial charge in [0.1, 0.15) is 5.15 Å². The molecule has 0 saturated heterocycles. The summed E-state index contributed by atoms with van der Waals surface area (Å²) in [5.74, 6) is 0. The molecule has 2 rings (SSSR count). The van der Waals surface area contributed by atoms with E-state index >= 15 is 0 Å². The molecule has 0 aliphatic rings. The Bertz CT molecular complexity index is 685. The van der Waals surface area contributed by atoms with E-state index in [1.807, 2.05) is 0 Å². The van der Waals surface area contributed by atoms with Crippen LogP contribution in [0.15, 0.2) is 24.3 Å². The third-order valence-electron chi connectivity index (χ3n) is 3.53. The average Bonchev–Trinajstić information content (AvgIpc) is 2.72. The minimum atomic E-state index is -4.50. The summed E-state index contributed by atoms with van der Waals surface area (Å²) in [5, 5.41) is 17.6. The molecule has 1 unspecified atom stereocenters. The van der Waals surface area contributed by atoms with Gasteiger partial charge >= 0.3 is 6.18 Å². The molecule has 2 aromatic rings. The Morgan fingerprint density at radius 2 is 2.00 bits per heavy atom. The van der Waals surface area contributed by atoms with Crippen LogP contribution in [-0.4, -0.2) is 21.4 Å². The fourth-order valence-electron chi connectivity index (χ4n) is 2.36. The van der Waals surface area contributed by atoms with Crippen LogP contribution in [0, 0.1) is 6.92 Å². The molecular formula is C15H17ClF3N3O. The van der Waals surface area contributed by atoms with Crippen molar-refractivity contribution in [3.05, 3.63) is 51.8 Å². The minimum Gasteiger partial charge on any atom is -0.387 e. The van der Waals surface area contributed by atoms with Crippen LogP contribution in [0.5, 0.6) is 0 Å². The first-order valence-electron chi connectivity index (χ1n) is 6.94. The summed E-state index contributed by atoms with van der Waals surface area (Å²) >= 11 is 6.08. The molecule has 0 fully saturated rings. The van der Waals surface area contributed by atoms with E-state index in [0.717, 1.165) is 17.3 Å². The van der Waals surface area contributed by atoms with E-state index in [1.165, 1.54) is 22.9 Å². The fraction of sp³-hybridized carbons (Fsp3) is 0.400. The summed E-state index contributed by atoms with van der Waals surface area (Å²) in [6.07, 6.45) is -5.77. The van der Waals surface area contributed by atoms with E-state index < -0.39 is 17.8 Å². The summed E-state index contributed by atoms with van der Waals surface area (Å²) in [7, 11) is 1.70. The molecule has 4 nitrogen and oxygen atoms in total. The van der Waals surface area contributed by atoms with Crippen LogP contribution >= 0.6 is 11.6 Å². The SMILES string of the molecule is Cc1nn(C)c(Cl)c1CNCC(O)c1ccccc1C(F)(F)F. The number of nitrogens with one attached hydrogen (secondary N) is 1. The lowest BCUT2D eigenvalue weighted by Crippen LogP contribution is -2.23. The molecule has 1 heterocycles. The highest BCUT2D eigenvalue weighted by molar-refractivity contribution is 6.30. The lowest BCUT2D eigenvalue weighted by molar-refractivity contribution is -0.139. The van der Waals surface area contributed by atoms with E-state index in [4.69, 9.17) is 11.6 Å². The molecule has 0 amide bonds. The molecule has 2 N–H and O–H groups in total. The van der Waals surface area contributed by atoms with Crippen molar-refractivity contribution >= 4 is 11.6 Å². The quantitative estimate of drug-likeness (QED) is 0.873. The van der Waals surface area contributed by atoms with Gasteiger partial charge in [-0.2, -0.15) is 18.3 Å². The molecule has 0 aliphatic carbocycles. The van der Waals surface area contributed by atoms with Crippen molar-refractivity contribution in [2.75, 3.05) is 6.54 Å². The monoisotopic (exact) mass is 347 g/mol. The van der Waals surface area contributed by atoms with Crippen molar-refractivity contribution < 1.29 is 18.3 Å². The second-order valence-corrected chi connectivity index (χ2v) is 5.57. The molecule has 8 heteroatoms. The van der Waals surface area contributed by atoms with Gasteiger partial charge < -0.3 is 10.4 Å². The van der Waals surface area contributed by atoms with E-state index in [2.05, 4.69) is 10.4 Å². The van der Waals surface area contributed by atoms with Crippen molar-refractivity contribution in [2.45, 2.75) is 25.7 Å². The lowest BCUT2D eigenvalue weighted by atomic mass is 10.0. The van der Waals surface area contributed by atoms with Crippen LogP contribution in [0.3, 0.4) is 0 Å². The number of aliphatic hydroxyl groups excluding tert-OH is 1. The Labute approximate surface area is 136 Å². The number of rotatable bonds is 5. The van der Waals surface area contributed by atoms with Crippen LogP contribution in [0.4, 0.5) is 13.2 Å². The smallest absolute Gasteiger partial charge is 0.387 e. The van der Waals surface area contributed by atoms with Crippen molar-refractivity contribution in [1.82, 2.24) is 15.1 Å². The van der Waals surface area contributed by atoms with Crippen molar-refractivity contribution in [3.63, 3.8) is 0 Å². The second-order valence-electron chi connectivity index (χ2n) is 5.21. The molecule has 1 aromatic carbocycles. The van der Waals surface area contributed by atoms with E-state index in [1.54, 1.807) is 14.0 Å². The Morgan fingerprint density at radius 3 is 2.57 bits per heavy atom. The second kappa shape index (κ2) is 6.90. The minimum absolute atomic E-state index is 0.0300. The molecule has 1 aromatic heterocycles. The fourth-order valence-corrected chi connectivity index (χ4v) is 2.61. The Morgan fingerprint density at radius 1 is 1.35 bits per heavy atom. The highest BCUT2D eigenvalue weighted by atomic mass is 35.5. The van der Waals surface area contributed by atoms with Gasteiger partial charge in [0, 0.05) is 25.7 Å². The highest BCUT2D eigenvalue weighted by Crippen LogP contribution is 2.34. The zero-order chi connectivity index (χ0) is 17.2. The van der Waals surface area contributed by atoms with Gasteiger partial charge in [-0.3, -0.25) is 4.68 Å². The number of hydrogen-bond donors (Lipinski definition) is 2. The van der Waals surface area contributed by atoms with Crippen LogP contribution in [0.2, 0.25) is 5.15 Å². The zero-order valence-corrected chi connectivity index (χ0v) is 13.4. The van der Waals surface area contributed by atoms with Crippen LogP contribution in [0.1, 0.15) is 28.5 Å². The standard InChI is InChI=1S/C15H17ClF3N3O/c1-9-11(14(16)22(2)21-9)7-20-8-13(23)10-5-3-4-6-12(10)15(17,18)19/h3-6,13,20,23H,7-8H2,1-2H3. The van der Waals surface area contributed by atoms with Crippen LogP contribution in [0.25, 0.3) is 0 Å². The van der Waals surface area contributed by atoms with Gasteiger partial charge in [0.2, 0.25) is 0 Å². The van der Waals surface area contributed by atoms with Crippen molar-refractivity contribution in [3.8, 4) is 0 Å². The first-order valence-corrected chi connectivity index (χ1v) is 7.32. The molecule has 0 bridgehead atoms. The Balaban J connectivity index is 2.05. The summed E-state index contributed by atoms with van der Waals surface area (Å²) in [4.78, 5) is 0. The molecule has 0 spiro atoms. The van der Waals surface area contributed by atoms with E-state index in [0.29, 0.717) is 11.7 Å². The summed E-state index contributed by atoms with van der Waals surface area (Å²) in [5.41, 5.74) is 0.507. The van der Waals surface area contributed by atoms with Gasteiger partial charge in [0.05, 0.1) is 17.4 Å². The molecule has 126 valence electrons. The normalized spacial score (nSPS) is 13.3. The number of aromatic nitrogens is 2. The number of hydrogen-bond acceptors (Lipinski definition) is 3. The highest BCUT2D eigenvalue weighted by Gasteiger charge is 2.34. The molecular weight excluding hydrogens is 331 g/mol. The van der Waals surface area contributed by atoms with Crippen LogP contribution < -0.4 is 5.32 Å². The van der Waals surface area contributed by atoms with E-state index in [-0.39, 0.29) is 12.1 Å². The maximum Gasteiger partial charge on any atom is 0.416 e. The van der Waals surface area contributed by atoms with Gasteiger partial charge in [0.15, 0.2) is 0 Å². The Kier molecular flexibility index (Phi) is 5.33. The lowest BCUT2D eigenvalue weighted by Gasteiger charge is -2.18. The maximum absolute atomic E-state index is 12.9. The summed E-state index contributed by atoms with van der Waals surface area (Å²) in [6, 6.07) is 5.00. The van der Waals surface area contributed by atoms with Gasteiger partial charge in [-0.1, -0.05) is 29.8 Å². The third-order valence-corrected chi connectivity index (χ3v) is 4.01. The van der Waals surface area contributed by atoms with Gasteiger partial charge in [0.25, 0.3) is 0 Å². The molecule has 23 heavy (non-hydrogen) atoms. The molecule has 0 saturated carbocycles. The number of benzene rings is 1. The van der Waals surface area contributed by atoms with E-state index in [9.17, 15) is 18.3 Å². The average molecular weight is 348 g/mol. The Hall–Kier alpha value is -1.57. The summed E-state index contributed by atoms with van der Waals surface area (Å²) < 4.78 is 40.4. The predicted octanol–water partition coefficient (Wildman–Crippen LogP) is 3.22. The van der Waals surface area contributed by atoms with Crippen molar-refractivity contribution in [2.24, 2.45) is 7.05 Å². The summed E-state index contributed by atoms with van der Waals surface area (Å²) in [6.45, 7) is 2.07. The zero-order valence-electron chi connectivity index (χ0n) is 12.7. The maximum atomic E-state index is 12.9. The first kappa shape index (κ1) is 17.8. The largest absolute Gasteiger partial charge is 0.416 e. The predicted molar refractivity (Wildman–Crippen MR) is 81.1 cm³/mol. The topological polar surface area (TPSA) is 50.1 Å². The van der Waals surface area contributed by atoms with Gasteiger partial charge in [-0.25, -0.2) is 0 Å². The van der Waals surface area contributed by atoms with Gasteiger partial charge in [-0.15, -0.1) is 0 Å². The molecule has 0 aliphatic heterocycles. The first-order chi connectivity index (χ1) is 10.7. The number of aryl methyl sites for hydroxylation is 2. The number of alkyl halides is 3. The number of nitrogens with zero attached hydrogens (tertiary/aromatic N) is 2.